The van der Waals surface area contributed by atoms with Crippen molar-refractivity contribution < 1.29 is 19.4 Å². The maximum Gasteiger partial charge on any atom is 0.407 e. The summed E-state index contributed by atoms with van der Waals surface area (Å²) < 4.78 is 5.60. The molecule has 0 heterocycles. The Hall–Kier alpha value is -2.86. The fraction of sp³-hybridized carbons (Fsp3) is 0.391. The Kier molecular flexibility index (Phi) is 5.28. The number of benzene rings is 2. The molecule has 6 nitrogen and oxygen atoms in total. The smallest absolute Gasteiger partial charge is 0.407 e. The molecule has 0 bridgehead atoms. The Morgan fingerprint density at radius 1 is 1.10 bits per heavy atom. The standard InChI is InChI=1S/C23H26N2O4/c24-13-15-9-10-23(11-15,12-21(26)27)25-22(28)29-14-20-18-7-3-1-5-16(18)17-6-2-4-8-19(17)20/h1-8,15,20H,9-14,24H2,(H,25,28)(H,26,27). The molecule has 1 fully saturated rings. The molecule has 4 rings (SSSR count). The van der Waals surface area contributed by atoms with Crippen molar-refractivity contribution >= 4 is 12.1 Å². The predicted octanol–water partition coefficient (Wildman–Crippen LogP) is 3.50. The van der Waals surface area contributed by atoms with Crippen LogP contribution in [-0.4, -0.2) is 35.9 Å². The normalized spacial score (nSPS) is 22.7. The van der Waals surface area contributed by atoms with Gasteiger partial charge in [-0.25, -0.2) is 4.79 Å². The summed E-state index contributed by atoms with van der Waals surface area (Å²) in [5, 5.41) is 12.2. The van der Waals surface area contributed by atoms with Crippen molar-refractivity contribution in [2.24, 2.45) is 11.7 Å². The first-order valence-electron chi connectivity index (χ1n) is 10.1. The molecule has 2 unspecified atom stereocenters. The van der Waals surface area contributed by atoms with Crippen LogP contribution in [-0.2, 0) is 9.53 Å². The van der Waals surface area contributed by atoms with Gasteiger partial charge < -0.3 is 20.9 Å². The summed E-state index contributed by atoms with van der Waals surface area (Å²) in [4.78, 5) is 24.0. The third kappa shape index (κ3) is 3.85. The van der Waals surface area contributed by atoms with E-state index < -0.39 is 17.6 Å². The van der Waals surface area contributed by atoms with Gasteiger partial charge in [0.15, 0.2) is 0 Å². The van der Waals surface area contributed by atoms with Crippen LogP contribution in [0, 0.1) is 5.92 Å². The Morgan fingerprint density at radius 2 is 1.72 bits per heavy atom. The van der Waals surface area contributed by atoms with E-state index in [9.17, 15) is 14.7 Å². The molecule has 2 aromatic rings. The number of hydrogen-bond acceptors (Lipinski definition) is 4. The van der Waals surface area contributed by atoms with E-state index in [-0.39, 0.29) is 24.9 Å². The minimum Gasteiger partial charge on any atom is -0.481 e. The number of nitrogens with one attached hydrogen (secondary N) is 1. The lowest BCUT2D eigenvalue weighted by molar-refractivity contribution is -0.138. The molecular formula is C23H26N2O4. The van der Waals surface area contributed by atoms with E-state index in [1.54, 1.807) is 0 Å². The van der Waals surface area contributed by atoms with Gasteiger partial charge in [-0.3, -0.25) is 4.79 Å². The van der Waals surface area contributed by atoms with Crippen molar-refractivity contribution in [1.82, 2.24) is 5.32 Å². The minimum absolute atomic E-state index is 0.0241. The lowest BCUT2D eigenvalue weighted by atomic mass is 9.92. The fourth-order valence-corrected chi connectivity index (χ4v) is 4.90. The second-order valence-corrected chi connectivity index (χ2v) is 8.15. The average Bonchev–Trinajstić information content (AvgIpc) is 3.25. The summed E-state index contributed by atoms with van der Waals surface area (Å²) in [6, 6.07) is 16.3. The first-order chi connectivity index (χ1) is 14.0. The number of ether oxygens (including phenoxy) is 1. The highest BCUT2D eigenvalue weighted by atomic mass is 16.5. The lowest BCUT2D eigenvalue weighted by Gasteiger charge is -2.29. The van der Waals surface area contributed by atoms with Gasteiger partial charge in [0.1, 0.15) is 6.61 Å². The Morgan fingerprint density at radius 3 is 2.28 bits per heavy atom. The van der Waals surface area contributed by atoms with Crippen LogP contribution in [0.5, 0.6) is 0 Å². The molecule has 2 aliphatic rings. The van der Waals surface area contributed by atoms with Gasteiger partial charge in [-0.05, 0) is 54.0 Å². The summed E-state index contributed by atoms with van der Waals surface area (Å²) in [5.74, 6) is -0.728. The van der Waals surface area contributed by atoms with Crippen molar-refractivity contribution in [2.45, 2.75) is 37.1 Å². The number of fused-ring (bicyclic) bond motifs is 3. The third-order valence-electron chi connectivity index (χ3n) is 6.24. The predicted molar refractivity (Wildman–Crippen MR) is 110 cm³/mol. The van der Waals surface area contributed by atoms with E-state index in [1.807, 2.05) is 24.3 Å². The Balaban J connectivity index is 1.46. The number of carbonyl (C=O) groups is 2. The van der Waals surface area contributed by atoms with E-state index in [0.717, 1.165) is 17.5 Å². The molecule has 2 aromatic carbocycles. The number of rotatable bonds is 6. The first kappa shape index (κ1) is 19.5. The van der Waals surface area contributed by atoms with Gasteiger partial charge in [0.05, 0.1) is 12.0 Å². The summed E-state index contributed by atoms with van der Waals surface area (Å²) >= 11 is 0. The van der Waals surface area contributed by atoms with E-state index in [1.165, 1.54) is 11.1 Å². The van der Waals surface area contributed by atoms with Crippen LogP contribution in [0.4, 0.5) is 4.79 Å². The number of carboxylic acid groups (broad SMARTS) is 1. The molecule has 2 aliphatic carbocycles. The molecule has 0 spiro atoms. The topological polar surface area (TPSA) is 102 Å². The zero-order chi connectivity index (χ0) is 20.4. The van der Waals surface area contributed by atoms with Gasteiger partial charge in [0.25, 0.3) is 0 Å². The lowest BCUT2D eigenvalue weighted by Crippen LogP contribution is -2.48. The van der Waals surface area contributed by atoms with Gasteiger partial charge in [0, 0.05) is 5.92 Å². The van der Waals surface area contributed by atoms with Gasteiger partial charge in [-0.2, -0.15) is 0 Å². The fourth-order valence-electron chi connectivity index (χ4n) is 4.90. The van der Waals surface area contributed by atoms with Crippen molar-refractivity contribution in [3.8, 4) is 11.1 Å². The molecule has 2 atom stereocenters. The van der Waals surface area contributed by atoms with Crippen molar-refractivity contribution in [1.29, 1.82) is 0 Å². The molecule has 1 amide bonds. The highest BCUT2D eigenvalue weighted by Gasteiger charge is 2.42. The van der Waals surface area contributed by atoms with E-state index in [2.05, 4.69) is 29.6 Å². The van der Waals surface area contributed by atoms with E-state index in [4.69, 9.17) is 10.5 Å². The number of nitrogens with two attached hydrogens (primary N) is 1. The summed E-state index contributed by atoms with van der Waals surface area (Å²) in [6.07, 6.45) is 1.30. The zero-order valence-corrected chi connectivity index (χ0v) is 16.3. The Bertz CT molecular complexity index is 883. The number of hydrogen-bond donors (Lipinski definition) is 3. The second kappa shape index (κ2) is 7.87. The number of amides is 1. The molecule has 0 radical (unpaired) electrons. The molecule has 152 valence electrons. The maximum atomic E-state index is 12.6. The monoisotopic (exact) mass is 394 g/mol. The molecule has 1 saturated carbocycles. The van der Waals surface area contributed by atoms with Crippen LogP contribution >= 0.6 is 0 Å². The SMILES string of the molecule is NCC1CCC(CC(=O)O)(NC(=O)OCC2c3ccccc3-c3ccccc32)C1. The van der Waals surface area contributed by atoms with Crippen LogP contribution < -0.4 is 11.1 Å². The quantitative estimate of drug-likeness (QED) is 0.696. The second-order valence-electron chi connectivity index (χ2n) is 8.15. The summed E-state index contributed by atoms with van der Waals surface area (Å²) in [5.41, 5.74) is 9.60. The van der Waals surface area contributed by atoms with E-state index >= 15 is 0 Å². The van der Waals surface area contributed by atoms with Crippen LogP contribution in [0.2, 0.25) is 0 Å². The van der Waals surface area contributed by atoms with Crippen LogP contribution in [0.15, 0.2) is 48.5 Å². The van der Waals surface area contributed by atoms with Crippen LogP contribution in [0.1, 0.15) is 42.7 Å². The van der Waals surface area contributed by atoms with Crippen molar-refractivity contribution in [2.75, 3.05) is 13.2 Å². The minimum atomic E-state index is -0.929. The average molecular weight is 394 g/mol. The number of carboxylic acids is 1. The molecule has 6 heteroatoms. The van der Waals surface area contributed by atoms with Crippen LogP contribution in [0.25, 0.3) is 11.1 Å². The number of carbonyl (C=O) groups excluding carboxylic acids is 1. The van der Waals surface area contributed by atoms with Gasteiger partial charge in [-0.15, -0.1) is 0 Å². The summed E-state index contributed by atoms with van der Waals surface area (Å²) in [6.45, 7) is 0.705. The number of aliphatic carboxylic acids is 1. The molecule has 0 aliphatic heterocycles. The highest BCUT2D eigenvalue weighted by molar-refractivity contribution is 5.79. The zero-order valence-electron chi connectivity index (χ0n) is 16.3. The molecule has 4 N–H and O–H groups in total. The van der Waals surface area contributed by atoms with Crippen molar-refractivity contribution in [3.63, 3.8) is 0 Å². The van der Waals surface area contributed by atoms with E-state index in [0.29, 0.717) is 19.4 Å². The Labute approximate surface area is 170 Å². The highest BCUT2D eigenvalue weighted by Crippen LogP contribution is 2.44. The van der Waals surface area contributed by atoms with Crippen molar-refractivity contribution in [3.05, 3.63) is 59.7 Å². The largest absolute Gasteiger partial charge is 0.481 e. The third-order valence-corrected chi connectivity index (χ3v) is 6.24. The van der Waals surface area contributed by atoms with Gasteiger partial charge in [-0.1, -0.05) is 48.5 Å². The number of alkyl carbamates (subject to hydrolysis) is 1. The summed E-state index contributed by atoms with van der Waals surface area (Å²) in [7, 11) is 0. The van der Waals surface area contributed by atoms with Crippen LogP contribution in [0.3, 0.4) is 0 Å². The van der Waals surface area contributed by atoms with Gasteiger partial charge in [0.2, 0.25) is 0 Å². The van der Waals surface area contributed by atoms with Gasteiger partial charge >= 0.3 is 12.1 Å². The molecule has 29 heavy (non-hydrogen) atoms. The maximum absolute atomic E-state index is 12.6. The molecule has 0 saturated heterocycles. The molecule has 0 aromatic heterocycles. The first-order valence-corrected chi connectivity index (χ1v) is 10.1. The molecular weight excluding hydrogens is 368 g/mol.